The first kappa shape index (κ1) is 11.5. The van der Waals surface area contributed by atoms with Crippen LogP contribution < -0.4 is 5.73 Å². The first-order valence-corrected chi connectivity index (χ1v) is 6.63. The van der Waals surface area contributed by atoms with Crippen molar-refractivity contribution < 1.29 is 0 Å². The van der Waals surface area contributed by atoms with Crippen LogP contribution >= 0.6 is 0 Å². The zero-order valence-electron chi connectivity index (χ0n) is 10.8. The molecule has 0 fully saturated rings. The lowest BCUT2D eigenvalue weighted by Gasteiger charge is -2.07. The molecule has 3 rings (SSSR count). The Kier molecular flexibility index (Phi) is 2.96. The highest BCUT2D eigenvalue weighted by Gasteiger charge is 2.17. The fraction of sp³-hybridized carbons (Fsp3) is 0.500. The molecule has 1 aliphatic carbocycles. The van der Waals surface area contributed by atoms with E-state index in [0.29, 0.717) is 0 Å². The van der Waals surface area contributed by atoms with Gasteiger partial charge in [0.1, 0.15) is 0 Å². The van der Waals surface area contributed by atoms with Crippen molar-refractivity contribution in [3.63, 3.8) is 0 Å². The number of imidazole rings is 1. The Labute approximate surface area is 107 Å². The van der Waals surface area contributed by atoms with Crippen LogP contribution in [0.15, 0.2) is 24.9 Å². The van der Waals surface area contributed by atoms with Gasteiger partial charge in [0.2, 0.25) is 0 Å². The van der Waals surface area contributed by atoms with Crippen LogP contribution in [0.2, 0.25) is 0 Å². The van der Waals surface area contributed by atoms with Gasteiger partial charge in [0, 0.05) is 31.7 Å². The number of nitrogens with two attached hydrogens (primary N) is 1. The SMILES string of the molecule is Cn1cncc1Cn1cc2c(c1)C(N)CCCC2. The fourth-order valence-electron chi connectivity index (χ4n) is 2.77. The molecule has 4 heteroatoms. The summed E-state index contributed by atoms with van der Waals surface area (Å²) in [6.45, 7) is 0.871. The molecule has 0 aromatic carbocycles. The highest BCUT2D eigenvalue weighted by atomic mass is 15.1. The van der Waals surface area contributed by atoms with Gasteiger partial charge in [-0.25, -0.2) is 4.98 Å². The summed E-state index contributed by atoms with van der Waals surface area (Å²) in [5.41, 5.74) is 10.2. The molecule has 0 radical (unpaired) electrons. The van der Waals surface area contributed by atoms with Gasteiger partial charge in [0.25, 0.3) is 0 Å². The monoisotopic (exact) mass is 244 g/mol. The average Bonchev–Trinajstić information content (AvgIpc) is 2.89. The molecule has 0 amide bonds. The van der Waals surface area contributed by atoms with E-state index in [4.69, 9.17) is 5.73 Å². The second-order valence-electron chi connectivity index (χ2n) is 5.26. The van der Waals surface area contributed by atoms with E-state index in [0.717, 1.165) is 13.0 Å². The molecule has 96 valence electrons. The van der Waals surface area contributed by atoms with Crippen molar-refractivity contribution in [2.45, 2.75) is 38.3 Å². The van der Waals surface area contributed by atoms with Crippen LogP contribution in [0.25, 0.3) is 0 Å². The van der Waals surface area contributed by atoms with Gasteiger partial charge in [0.15, 0.2) is 0 Å². The predicted octanol–water partition coefficient (Wildman–Crippen LogP) is 2.00. The molecule has 0 saturated heterocycles. The van der Waals surface area contributed by atoms with Crippen LogP contribution in [0.1, 0.15) is 42.1 Å². The first-order valence-electron chi connectivity index (χ1n) is 6.63. The third kappa shape index (κ3) is 2.08. The molecule has 2 aromatic rings. The van der Waals surface area contributed by atoms with Gasteiger partial charge in [-0.2, -0.15) is 0 Å². The van der Waals surface area contributed by atoms with E-state index in [9.17, 15) is 0 Å². The standard InChI is InChI=1S/C14H20N4/c1-17-10-16-6-12(17)8-18-7-11-4-2-3-5-14(15)13(11)9-18/h6-7,9-10,14H,2-5,8,15H2,1H3. The van der Waals surface area contributed by atoms with E-state index in [2.05, 4.69) is 26.5 Å². The largest absolute Gasteiger partial charge is 0.348 e. The summed E-state index contributed by atoms with van der Waals surface area (Å²) in [7, 11) is 2.03. The van der Waals surface area contributed by atoms with Crippen LogP contribution in [0, 0.1) is 0 Å². The van der Waals surface area contributed by atoms with E-state index in [1.54, 1.807) is 0 Å². The molecule has 0 bridgehead atoms. The fourth-order valence-corrected chi connectivity index (χ4v) is 2.77. The average molecular weight is 244 g/mol. The first-order chi connectivity index (χ1) is 8.74. The lowest BCUT2D eigenvalue weighted by molar-refractivity contribution is 0.608. The number of aryl methyl sites for hydroxylation is 2. The maximum atomic E-state index is 6.23. The zero-order valence-corrected chi connectivity index (χ0v) is 10.8. The van der Waals surface area contributed by atoms with Crippen molar-refractivity contribution in [2.75, 3.05) is 0 Å². The van der Waals surface area contributed by atoms with E-state index in [1.807, 2.05) is 19.6 Å². The van der Waals surface area contributed by atoms with Gasteiger partial charge in [-0.1, -0.05) is 6.42 Å². The number of rotatable bonds is 2. The third-order valence-corrected chi connectivity index (χ3v) is 3.87. The minimum absolute atomic E-state index is 0.218. The van der Waals surface area contributed by atoms with Gasteiger partial charge in [-0.3, -0.25) is 0 Å². The highest BCUT2D eigenvalue weighted by molar-refractivity contribution is 5.29. The summed E-state index contributed by atoms with van der Waals surface area (Å²) in [6.07, 6.45) is 13.0. The van der Waals surface area contributed by atoms with Crippen LogP contribution in [0.5, 0.6) is 0 Å². The van der Waals surface area contributed by atoms with E-state index < -0.39 is 0 Å². The molecule has 1 atom stereocenters. The minimum Gasteiger partial charge on any atom is -0.348 e. The van der Waals surface area contributed by atoms with Gasteiger partial charge in [-0.05, 0) is 30.4 Å². The molecule has 2 heterocycles. The number of aromatic nitrogens is 3. The molecule has 2 N–H and O–H groups in total. The normalized spacial score (nSPS) is 19.6. The highest BCUT2D eigenvalue weighted by Crippen LogP contribution is 2.27. The van der Waals surface area contributed by atoms with Crippen LogP contribution in [0.3, 0.4) is 0 Å². The lowest BCUT2D eigenvalue weighted by atomic mass is 10.1. The third-order valence-electron chi connectivity index (χ3n) is 3.87. The van der Waals surface area contributed by atoms with E-state index in [1.165, 1.54) is 36.1 Å². The quantitative estimate of drug-likeness (QED) is 0.821. The topological polar surface area (TPSA) is 48.8 Å². The van der Waals surface area contributed by atoms with E-state index >= 15 is 0 Å². The van der Waals surface area contributed by atoms with Crippen LogP contribution in [-0.2, 0) is 20.0 Å². The predicted molar refractivity (Wildman–Crippen MR) is 71.2 cm³/mol. The number of hydrogen-bond acceptors (Lipinski definition) is 2. The molecule has 1 aliphatic rings. The number of nitrogens with zero attached hydrogens (tertiary/aromatic N) is 3. The minimum atomic E-state index is 0.218. The van der Waals surface area contributed by atoms with E-state index in [-0.39, 0.29) is 6.04 Å². The van der Waals surface area contributed by atoms with Crippen molar-refractivity contribution in [3.05, 3.63) is 41.7 Å². The Bertz CT molecular complexity index is 538. The maximum Gasteiger partial charge on any atom is 0.0946 e. The molecule has 0 saturated carbocycles. The zero-order chi connectivity index (χ0) is 12.5. The molecule has 0 aliphatic heterocycles. The lowest BCUT2D eigenvalue weighted by Crippen LogP contribution is -2.09. The van der Waals surface area contributed by atoms with Gasteiger partial charge in [-0.15, -0.1) is 0 Å². The summed E-state index contributed by atoms with van der Waals surface area (Å²) < 4.78 is 4.30. The Morgan fingerprint density at radius 3 is 3.06 bits per heavy atom. The van der Waals surface area contributed by atoms with Crippen molar-refractivity contribution >= 4 is 0 Å². The Morgan fingerprint density at radius 1 is 1.39 bits per heavy atom. The summed E-state index contributed by atoms with van der Waals surface area (Å²) in [6, 6.07) is 0.218. The number of hydrogen-bond donors (Lipinski definition) is 1. The van der Waals surface area contributed by atoms with Crippen LogP contribution in [0.4, 0.5) is 0 Å². The molecular weight excluding hydrogens is 224 g/mol. The molecule has 18 heavy (non-hydrogen) atoms. The maximum absolute atomic E-state index is 6.23. The molecule has 1 unspecified atom stereocenters. The number of fused-ring (bicyclic) bond motifs is 1. The molecular formula is C14H20N4. The Hall–Kier alpha value is -1.55. The van der Waals surface area contributed by atoms with Crippen molar-refractivity contribution in [3.8, 4) is 0 Å². The summed E-state index contributed by atoms with van der Waals surface area (Å²) >= 11 is 0. The molecule has 0 spiro atoms. The second kappa shape index (κ2) is 4.61. The van der Waals surface area contributed by atoms with Crippen LogP contribution in [-0.4, -0.2) is 14.1 Å². The second-order valence-corrected chi connectivity index (χ2v) is 5.26. The summed E-state index contributed by atoms with van der Waals surface area (Å²) in [5, 5.41) is 0. The summed E-state index contributed by atoms with van der Waals surface area (Å²) in [4.78, 5) is 4.15. The van der Waals surface area contributed by atoms with Gasteiger partial charge >= 0.3 is 0 Å². The van der Waals surface area contributed by atoms with Crippen molar-refractivity contribution in [1.82, 2.24) is 14.1 Å². The van der Waals surface area contributed by atoms with Crippen molar-refractivity contribution in [1.29, 1.82) is 0 Å². The molecule has 4 nitrogen and oxygen atoms in total. The summed E-state index contributed by atoms with van der Waals surface area (Å²) in [5.74, 6) is 0. The van der Waals surface area contributed by atoms with Gasteiger partial charge < -0.3 is 14.9 Å². The van der Waals surface area contributed by atoms with Crippen molar-refractivity contribution in [2.24, 2.45) is 12.8 Å². The smallest absolute Gasteiger partial charge is 0.0946 e. The Balaban J connectivity index is 1.87. The Morgan fingerprint density at radius 2 is 2.28 bits per heavy atom. The van der Waals surface area contributed by atoms with Gasteiger partial charge in [0.05, 0.1) is 18.6 Å². The molecule has 2 aromatic heterocycles.